The van der Waals surface area contributed by atoms with E-state index in [2.05, 4.69) is 32.3 Å². The summed E-state index contributed by atoms with van der Waals surface area (Å²) in [7, 11) is 1.36. The normalized spacial score (nSPS) is 11.8. The first kappa shape index (κ1) is 14.2. The Morgan fingerprint density at radius 3 is 2.89 bits per heavy atom. The molecule has 1 unspecified atom stereocenters. The number of ether oxygens (including phenoxy) is 1. The molecular weight excluding hydrogens is 232 g/mol. The zero-order valence-corrected chi connectivity index (χ0v) is 11.3. The van der Waals surface area contributed by atoms with Crippen LogP contribution in [0.1, 0.15) is 25.8 Å². The Bertz CT molecular complexity index is 409. The van der Waals surface area contributed by atoms with E-state index in [0.717, 1.165) is 18.5 Å². The van der Waals surface area contributed by atoms with Gasteiger partial charge in [0.2, 0.25) is 5.95 Å². The second-order valence-electron chi connectivity index (χ2n) is 4.04. The molecule has 1 heterocycles. The molecule has 0 fully saturated rings. The number of methoxy groups -OCH3 is 1. The lowest BCUT2D eigenvalue weighted by molar-refractivity contribution is -0.141. The van der Waals surface area contributed by atoms with Gasteiger partial charge in [0.1, 0.15) is 11.9 Å². The molecule has 2 N–H and O–H groups in total. The van der Waals surface area contributed by atoms with Crippen LogP contribution < -0.4 is 10.6 Å². The number of aromatic nitrogens is 2. The molecule has 18 heavy (non-hydrogen) atoms. The topological polar surface area (TPSA) is 76.1 Å². The van der Waals surface area contributed by atoms with E-state index in [1.54, 1.807) is 13.1 Å². The second kappa shape index (κ2) is 6.78. The lowest BCUT2D eigenvalue weighted by atomic mass is 10.3. The average molecular weight is 252 g/mol. The van der Waals surface area contributed by atoms with Crippen molar-refractivity contribution in [3.63, 3.8) is 0 Å². The monoisotopic (exact) mass is 252 g/mol. The van der Waals surface area contributed by atoms with Crippen LogP contribution in [0.15, 0.2) is 6.20 Å². The molecule has 0 radical (unpaired) electrons. The van der Waals surface area contributed by atoms with Crippen LogP contribution in [0.5, 0.6) is 0 Å². The van der Waals surface area contributed by atoms with Crippen LogP contribution >= 0.6 is 0 Å². The van der Waals surface area contributed by atoms with E-state index in [-0.39, 0.29) is 5.97 Å². The fraction of sp³-hybridized carbons (Fsp3) is 0.583. The molecule has 0 spiro atoms. The predicted octanol–water partition coefficient (Wildman–Crippen LogP) is 1.58. The zero-order chi connectivity index (χ0) is 13.5. The molecule has 1 aromatic heterocycles. The van der Waals surface area contributed by atoms with E-state index in [9.17, 15) is 4.79 Å². The van der Waals surface area contributed by atoms with Gasteiger partial charge in [0.15, 0.2) is 0 Å². The molecular formula is C12H20N4O2. The highest BCUT2D eigenvalue weighted by atomic mass is 16.5. The Kier molecular flexibility index (Phi) is 5.35. The molecule has 100 valence electrons. The quantitative estimate of drug-likeness (QED) is 0.749. The number of hydrogen-bond donors (Lipinski definition) is 2. The predicted molar refractivity (Wildman–Crippen MR) is 70.7 cm³/mol. The van der Waals surface area contributed by atoms with Crippen LogP contribution in [0.25, 0.3) is 0 Å². The fourth-order valence-electron chi connectivity index (χ4n) is 1.35. The lowest BCUT2D eigenvalue weighted by Crippen LogP contribution is -2.28. The van der Waals surface area contributed by atoms with Crippen LogP contribution in [0, 0.1) is 6.92 Å². The summed E-state index contributed by atoms with van der Waals surface area (Å²) < 4.78 is 4.66. The Hall–Kier alpha value is -1.85. The van der Waals surface area contributed by atoms with Gasteiger partial charge < -0.3 is 15.4 Å². The molecule has 0 aliphatic carbocycles. The van der Waals surface area contributed by atoms with Crippen molar-refractivity contribution in [1.82, 2.24) is 9.97 Å². The van der Waals surface area contributed by atoms with Crippen molar-refractivity contribution < 1.29 is 9.53 Å². The maximum absolute atomic E-state index is 11.3. The van der Waals surface area contributed by atoms with Crippen molar-refractivity contribution in [1.29, 1.82) is 0 Å². The summed E-state index contributed by atoms with van der Waals surface area (Å²) in [5, 5.41) is 6.11. The molecule has 0 saturated carbocycles. The summed E-state index contributed by atoms with van der Waals surface area (Å²) in [6.45, 7) is 6.50. The standard InChI is InChI=1S/C12H20N4O2/c1-5-6-13-12-14-7-8(2)10(16-12)15-9(3)11(17)18-4/h7,9H,5-6H2,1-4H3,(H2,13,14,15,16). The summed E-state index contributed by atoms with van der Waals surface area (Å²) in [5.74, 6) is 0.875. The number of anilines is 2. The second-order valence-corrected chi connectivity index (χ2v) is 4.04. The highest BCUT2D eigenvalue weighted by Crippen LogP contribution is 2.13. The Labute approximate surface area is 107 Å². The van der Waals surface area contributed by atoms with E-state index < -0.39 is 6.04 Å². The van der Waals surface area contributed by atoms with Crippen LogP contribution in [-0.2, 0) is 9.53 Å². The van der Waals surface area contributed by atoms with Crippen molar-refractivity contribution in [2.75, 3.05) is 24.3 Å². The molecule has 1 aromatic rings. The van der Waals surface area contributed by atoms with E-state index in [1.807, 2.05) is 6.92 Å². The van der Waals surface area contributed by atoms with Crippen LogP contribution in [-0.4, -0.2) is 35.6 Å². The van der Waals surface area contributed by atoms with Gasteiger partial charge in [-0.25, -0.2) is 9.78 Å². The number of hydrogen-bond acceptors (Lipinski definition) is 6. The van der Waals surface area contributed by atoms with Gasteiger partial charge in [-0.15, -0.1) is 0 Å². The Morgan fingerprint density at radius 1 is 1.56 bits per heavy atom. The molecule has 0 aliphatic rings. The smallest absolute Gasteiger partial charge is 0.328 e. The molecule has 1 atom stereocenters. The van der Waals surface area contributed by atoms with Gasteiger partial charge in [-0.2, -0.15) is 4.98 Å². The summed E-state index contributed by atoms with van der Waals surface area (Å²) in [4.78, 5) is 19.8. The number of carbonyl (C=O) groups excluding carboxylic acids is 1. The van der Waals surface area contributed by atoms with Gasteiger partial charge in [-0.05, 0) is 20.3 Å². The van der Waals surface area contributed by atoms with Crippen molar-refractivity contribution >= 4 is 17.7 Å². The lowest BCUT2D eigenvalue weighted by Gasteiger charge is -2.14. The largest absolute Gasteiger partial charge is 0.467 e. The maximum atomic E-state index is 11.3. The number of nitrogens with one attached hydrogen (secondary N) is 2. The number of nitrogens with zero attached hydrogens (tertiary/aromatic N) is 2. The average Bonchev–Trinajstić information content (AvgIpc) is 2.38. The van der Waals surface area contributed by atoms with Gasteiger partial charge in [-0.3, -0.25) is 0 Å². The third-order valence-corrected chi connectivity index (χ3v) is 2.41. The Balaban J connectivity index is 2.77. The molecule has 0 bridgehead atoms. The Morgan fingerprint density at radius 2 is 2.28 bits per heavy atom. The van der Waals surface area contributed by atoms with Crippen molar-refractivity contribution in [2.45, 2.75) is 33.2 Å². The van der Waals surface area contributed by atoms with Crippen molar-refractivity contribution in [3.05, 3.63) is 11.8 Å². The minimum absolute atomic E-state index is 0.323. The maximum Gasteiger partial charge on any atom is 0.328 e. The highest BCUT2D eigenvalue weighted by molar-refractivity contribution is 5.78. The minimum Gasteiger partial charge on any atom is -0.467 e. The van der Waals surface area contributed by atoms with Gasteiger partial charge >= 0.3 is 5.97 Å². The van der Waals surface area contributed by atoms with E-state index in [1.165, 1.54) is 7.11 Å². The van der Waals surface area contributed by atoms with Gasteiger partial charge in [-0.1, -0.05) is 6.92 Å². The molecule has 0 aliphatic heterocycles. The molecule has 1 rings (SSSR count). The SMILES string of the molecule is CCCNc1ncc(C)c(NC(C)C(=O)OC)n1. The van der Waals surface area contributed by atoms with Crippen molar-refractivity contribution in [3.8, 4) is 0 Å². The third kappa shape index (κ3) is 3.87. The zero-order valence-electron chi connectivity index (χ0n) is 11.3. The molecule has 6 nitrogen and oxygen atoms in total. The third-order valence-electron chi connectivity index (χ3n) is 2.41. The number of esters is 1. The van der Waals surface area contributed by atoms with E-state index >= 15 is 0 Å². The van der Waals surface area contributed by atoms with Gasteiger partial charge in [0.25, 0.3) is 0 Å². The first-order valence-electron chi connectivity index (χ1n) is 6.00. The minimum atomic E-state index is -0.442. The summed E-state index contributed by atoms with van der Waals surface area (Å²) in [5.41, 5.74) is 0.882. The highest BCUT2D eigenvalue weighted by Gasteiger charge is 2.14. The molecule has 6 heteroatoms. The first-order chi connectivity index (χ1) is 8.58. The fourth-order valence-corrected chi connectivity index (χ4v) is 1.35. The van der Waals surface area contributed by atoms with Gasteiger partial charge in [0, 0.05) is 18.3 Å². The number of carbonyl (C=O) groups is 1. The molecule has 0 aromatic carbocycles. The number of aryl methyl sites for hydroxylation is 1. The number of rotatable bonds is 6. The summed E-state index contributed by atoms with van der Waals surface area (Å²) in [6, 6.07) is -0.442. The van der Waals surface area contributed by atoms with E-state index in [0.29, 0.717) is 11.8 Å². The summed E-state index contributed by atoms with van der Waals surface area (Å²) in [6.07, 6.45) is 2.72. The summed E-state index contributed by atoms with van der Waals surface area (Å²) >= 11 is 0. The molecule has 0 amide bonds. The van der Waals surface area contributed by atoms with E-state index in [4.69, 9.17) is 0 Å². The van der Waals surface area contributed by atoms with Crippen LogP contribution in [0.4, 0.5) is 11.8 Å². The van der Waals surface area contributed by atoms with Crippen LogP contribution in [0.2, 0.25) is 0 Å². The first-order valence-corrected chi connectivity index (χ1v) is 6.00. The molecule has 0 saturated heterocycles. The van der Waals surface area contributed by atoms with Crippen molar-refractivity contribution in [2.24, 2.45) is 0 Å². The van der Waals surface area contributed by atoms with Gasteiger partial charge in [0.05, 0.1) is 7.11 Å². The van der Waals surface area contributed by atoms with Crippen LogP contribution in [0.3, 0.4) is 0 Å².